The highest BCUT2D eigenvalue weighted by Gasteiger charge is 2.33. The van der Waals surface area contributed by atoms with E-state index in [1.54, 1.807) is 0 Å². The minimum atomic E-state index is -0.509. The molecule has 0 fully saturated rings. The fraction of sp³-hybridized carbons (Fsp3) is 0.759. The van der Waals surface area contributed by atoms with Gasteiger partial charge < -0.3 is 50.3 Å². The first-order valence-electron chi connectivity index (χ1n) is 14.8. The minimum absolute atomic E-state index is 0.233. The summed E-state index contributed by atoms with van der Waals surface area (Å²) in [5, 5.41) is 14.4. The van der Waals surface area contributed by atoms with Crippen molar-refractivity contribution in [2.24, 2.45) is 0 Å². The molecule has 0 aliphatic carbocycles. The molecule has 0 aliphatic heterocycles. The van der Waals surface area contributed by atoms with E-state index in [4.69, 9.17) is 23.7 Å². The van der Waals surface area contributed by atoms with E-state index in [9.17, 15) is 14.4 Å². The molecule has 3 atom stereocenters. The van der Waals surface area contributed by atoms with E-state index in [0.29, 0.717) is 78.3 Å². The molecule has 0 spiro atoms. The average molecular weight is 602 g/mol. The van der Waals surface area contributed by atoms with E-state index in [-0.39, 0.29) is 25.0 Å². The SMILES string of the molecule is C=CC(=O)NCCCOC(COCCCNC)C(OCCCNC)C(COCCCNC=O)OCCCNC(=O)C=C. The summed E-state index contributed by atoms with van der Waals surface area (Å²) >= 11 is 0. The second-order valence-electron chi connectivity index (χ2n) is 9.34. The lowest BCUT2D eigenvalue weighted by atomic mass is 10.1. The van der Waals surface area contributed by atoms with Gasteiger partial charge in [-0.2, -0.15) is 0 Å². The lowest BCUT2D eigenvalue weighted by Gasteiger charge is -2.34. The Bertz CT molecular complexity index is 701. The van der Waals surface area contributed by atoms with Crippen molar-refractivity contribution < 1.29 is 38.1 Å². The van der Waals surface area contributed by atoms with Crippen LogP contribution in [0.25, 0.3) is 0 Å². The van der Waals surface area contributed by atoms with Crippen LogP contribution in [0.3, 0.4) is 0 Å². The molecule has 13 heteroatoms. The molecule has 0 aliphatic rings. The predicted octanol–water partition coefficient (Wildman–Crippen LogP) is -0.0851. The molecule has 0 saturated heterocycles. The summed E-state index contributed by atoms with van der Waals surface area (Å²) in [7, 11) is 3.78. The molecule has 13 nitrogen and oxygen atoms in total. The van der Waals surface area contributed by atoms with Gasteiger partial charge in [0.25, 0.3) is 0 Å². The highest BCUT2D eigenvalue weighted by molar-refractivity contribution is 5.87. The average Bonchev–Trinajstić information content (AvgIpc) is 3.00. The first kappa shape index (κ1) is 39.6. The Morgan fingerprint density at radius 3 is 1.52 bits per heavy atom. The number of ether oxygens (including phenoxy) is 5. The van der Waals surface area contributed by atoms with Gasteiger partial charge in [-0.3, -0.25) is 14.4 Å². The largest absolute Gasteiger partial charge is 0.379 e. The molecule has 0 saturated carbocycles. The van der Waals surface area contributed by atoms with Gasteiger partial charge in [0.15, 0.2) is 0 Å². The molecule has 42 heavy (non-hydrogen) atoms. The zero-order chi connectivity index (χ0) is 31.1. The summed E-state index contributed by atoms with van der Waals surface area (Å²) in [6.45, 7) is 12.7. The van der Waals surface area contributed by atoms with Gasteiger partial charge in [-0.25, -0.2) is 0 Å². The van der Waals surface area contributed by atoms with Crippen LogP contribution in [-0.4, -0.2) is 130 Å². The lowest BCUT2D eigenvalue weighted by molar-refractivity contribution is -0.170. The smallest absolute Gasteiger partial charge is 0.243 e. The van der Waals surface area contributed by atoms with Crippen molar-refractivity contribution >= 4 is 18.2 Å². The Labute approximate surface area is 251 Å². The van der Waals surface area contributed by atoms with E-state index in [2.05, 4.69) is 39.7 Å². The van der Waals surface area contributed by atoms with Crippen molar-refractivity contribution in [1.82, 2.24) is 26.6 Å². The minimum Gasteiger partial charge on any atom is -0.379 e. The van der Waals surface area contributed by atoms with E-state index in [0.717, 1.165) is 25.9 Å². The predicted molar refractivity (Wildman–Crippen MR) is 162 cm³/mol. The number of nitrogens with one attached hydrogen (secondary N) is 5. The van der Waals surface area contributed by atoms with E-state index >= 15 is 0 Å². The number of rotatable bonds is 32. The van der Waals surface area contributed by atoms with Crippen LogP contribution in [0.15, 0.2) is 25.3 Å². The van der Waals surface area contributed by atoms with Crippen LogP contribution in [0.4, 0.5) is 0 Å². The fourth-order valence-electron chi connectivity index (χ4n) is 3.66. The summed E-state index contributed by atoms with van der Waals surface area (Å²) in [6.07, 6.45) is 5.13. The molecule has 0 aromatic carbocycles. The Hall–Kier alpha value is -2.39. The third kappa shape index (κ3) is 23.2. The highest BCUT2D eigenvalue weighted by Crippen LogP contribution is 2.16. The second kappa shape index (κ2) is 30.1. The Morgan fingerprint density at radius 2 is 1.07 bits per heavy atom. The lowest BCUT2D eigenvalue weighted by Crippen LogP contribution is -2.48. The molecule has 0 bridgehead atoms. The van der Waals surface area contributed by atoms with E-state index < -0.39 is 18.3 Å². The fourth-order valence-corrected chi connectivity index (χ4v) is 3.66. The van der Waals surface area contributed by atoms with Crippen LogP contribution in [0, 0.1) is 0 Å². The third-order valence-corrected chi connectivity index (χ3v) is 5.86. The molecule has 3 unspecified atom stereocenters. The topological polar surface area (TPSA) is 158 Å². The molecular weight excluding hydrogens is 546 g/mol. The monoisotopic (exact) mass is 601 g/mol. The molecule has 0 heterocycles. The quantitative estimate of drug-likeness (QED) is 0.0401. The van der Waals surface area contributed by atoms with Crippen LogP contribution in [0.5, 0.6) is 0 Å². The molecule has 0 rings (SSSR count). The van der Waals surface area contributed by atoms with Gasteiger partial charge in [0, 0.05) is 52.7 Å². The van der Waals surface area contributed by atoms with Crippen molar-refractivity contribution in [3.63, 3.8) is 0 Å². The van der Waals surface area contributed by atoms with Crippen LogP contribution in [-0.2, 0) is 38.1 Å². The summed E-state index contributed by atoms with van der Waals surface area (Å²) < 4.78 is 30.9. The van der Waals surface area contributed by atoms with Crippen LogP contribution >= 0.6 is 0 Å². The third-order valence-electron chi connectivity index (χ3n) is 5.86. The second-order valence-corrected chi connectivity index (χ2v) is 9.34. The van der Waals surface area contributed by atoms with Gasteiger partial charge >= 0.3 is 0 Å². The van der Waals surface area contributed by atoms with E-state index in [1.807, 2.05) is 14.1 Å². The summed E-state index contributed by atoms with van der Waals surface area (Å²) in [6, 6.07) is 0. The van der Waals surface area contributed by atoms with Crippen molar-refractivity contribution in [2.45, 2.75) is 50.4 Å². The maximum atomic E-state index is 11.5. The standard InChI is InChI=1S/C29H55N5O8/c1-5-27(36)33-15-10-19-40-25(22-38-17-7-12-30-3)29(42-21-8-13-31-4)26(23-39-18-9-14-32-24-35)41-20-11-16-34-28(37)6-2/h5-6,24-26,29-31H,1-2,7-23H2,3-4H3,(H,32,35)(H,33,36)(H,34,37). The Balaban J connectivity index is 5.57. The summed E-state index contributed by atoms with van der Waals surface area (Å²) in [5.41, 5.74) is 0. The normalized spacial score (nSPS) is 13.1. The number of amides is 3. The number of hydrogen-bond acceptors (Lipinski definition) is 10. The van der Waals surface area contributed by atoms with Crippen LogP contribution in [0.2, 0.25) is 0 Å². The van der Waals surface area contributed by atoms with Gasteiger partial charge in [-0.1, -0.05) is 13.2 Å². The Kier molecular flexibility index (Phi) is 28.4. The van der Waals surface area contributed by atoms with Gasteiger partial charge in [0.05, 0.1) is 13.2 Å². The zero-order valence-corrected chi connectivity index (χ0v) is 25.7. The van der Waals surface area contributed by atoms with Gasteiger partial charge in [0.1, 0.15) is 18.3 Å². The number of carbonyl (C=O) groups is 3. The molecule has 5 N–H and O–H groups in total. The van der Waals surface area contributed by atoms with Crippen LogP contribution in [0.1, 0.15) is 32.1 Å². The summed E-state index contributed by atoms with van der Waals surface area (Å²) in [5.74, 6) is -0.471. The first-order chi connectivity index (χ1) is 20.5. The Morgan fingerprint density at radius 1 is 0.643 bits per heavy atom. The maximum absolute atomic E-state index is 11.5. The molecule has 244 valence electrons. The van der Waals surface area contributed by atoms with Gasteiger partial charge in [-0.15, -0.1) is 0 Å². The summed E-state index contributed by atoms with van der Waals surface area (Å²) in [4.78, 5) is 33.5. The number of hydrogen-bond donors (Lipinski definition) is 5. The van der Waals surface area contributed by atoms with Crippen molar-refractivity contribution in [3.8, 4) is 0 Å². The number of carbonyl (C=O) groups excluding carboxylic acids is 3. The van der Waals surface area contributed by atoms with Crippen molar-refractivity contribution in [1.29, 1.82) is 0 Å². The maximum Gasteiger partial charge on any atom is 0.243 e. The first-order valence-corrected chi connectivity index (χ1v) is 14.8. The van der Waals surface area contributed by atoms with Gasteiger partial charge in [-0.05, 0) is 71.4 Å². The molecule has 3 amide bonds. The van der Waals surface area contributed by atoms with Crippen molar-refractivity contribution in [3.05, 3.63) is 25.3 Å². The molecule has 0 aromatic rings. The van der Waals surface area contributed by atoms with E-state index in [1.165, 1.54) is 12.2 Å². The molecule has 0 radical (unpaired) electrons. The van der Waals surface area contributed by atoms with Gasteiger partial charge in [0.2, 0.25) is 18.2 Å². The zero-order valence-electron chi connectivity index (χ0n) is 25.7. The van der Waals surface area contributed by atoms with Crippen LogP contribution < -0.4 is 26.6 Å². The molecule has 0 aromatic heterocycles. The molecular formula is C29H55N5O8. The highest BCUT2D eigenvalue weighted by atomic mass is 16.6. The van der Waals surface area contributed by atoms with Crippen molar-refractivity contribution in [2.75, 3.05) is 93.1 Å².